The molecule has 1 N–H and O–H groups in total. The van der Waals surface area contributed by atoms with E-state index in [2.05, 4.69) is 149 Å². The van der Waals surface area contributed by atoms with Crippen LogP contribution in [0.15, 0.2) is 149 Å². The van der Waals surface area contributed by atoms with Crippen LogP contribution in [0.2, 0.25) is 0 Å². The molecule has 0 aliphatic rings. The van der Waals surface area contributed by atoms with Gasteiger partial charge in [-0.1, -0.05) is 86.6 Å². The van der Waals surface area contributed by atoms with Crippen molar-refractivity contribution in [1.29, 1.82) is 0 Å². The number of aryl methyl sites for hydroxylation is 5. The SMILES string of the molecule is CC(C)c1cccc(C(C)C)c1[N]=[Mo]=[CH]C(C)(C)c1ccccc1.Cc1cc(C)[n+](-c2cc(-c3ccccc3)c(O)c(-c3ccccc3)c2)c(C)c1.Cc1ccc(C)[n-]1. The van der Waals surface area contributed by atoms with Crippen LogP contribution in [-0.2, 0) is 23.3 Å². The van der Waals surface area contributed by atoms with Crippen molar-refractivity contribution in [2.75, 3.05) is 0 Å². The maximum Gasteiger partial charge on any atom is 0.212 e. The molecule has 2 aromatic heterocycles. The van der Waals surface area contributed by atoms with Gasteiger partial charge in [0.1, 0.15) is 5.75 Å². The molecule has 0 saturated carbocycles. The predicted molar refractivity (Wildman–Crippen MR) is 246 cm³/mol. The van der Waals surface area contributed by atoms with Crippen LogP contribution in [0.25, 0.3) is 27.9 Å². The smallest absolute Gasteiger partial charge is 0.212 e. The zero-order valence-electron chi connectivity index (χ0n) is 36.8. The fraction of sp³-hybridized carbons (Fsp3) is 0.259. The largest absolute Gasteiger partial charge is 0.665 e. The van der Waals surface area contributed by atoms with Crippen LogP contribution >= 0.6 is 0 Å². The minimum absolute atomic E-state index is 0.0811. The van der Waals surface area contributed by atoms with E-state index in [1.165, 1.54) is 39.3 Å². The van der Waals surface area contributed by atoms with E-state index in [1.807, 2.05) is 86.6 Å². The summed E-state index contributed by atoms with van der Waals surface area (Å²) in [6.07, 6.45) is 0. The molecule has 0 fully saturated rings. The van der Waals surface area contributed by atoms with Gasteiger partial charge in [-0.3, -0.25) is 0 Å². The molecule has 304 valence electrons. The summed E-state index contributed by atoms with van der Waals surface area (Å²) in [6.45, 7) is 24.0. The molecule has 5 aromatic carbocycles. The van der Waals surface area contributed by atoms with Gasteiger partial charge < -0.3 is 10.1 Å². The van der Waals surface area contributed by atoms with E-state index in [-0.39, 0.29) is 5.41 Å². The molecule has 59 heavy (non-hydrogen) atoms. The minimum atomic E-state index is -0.553. The fourth-order valence-corrected chi connectivity index (χ4v) is 9.19. The van der Waals surface area contributed by atoms with E-state index in [9.17, 15) is 5.11 Å². The molecule has 0 saturated heterocycles. The van der Waals surface area contributed by atoms with E-state index >= 15 is 0 Å². The van der Waals surface area contributed by atoms with Crippen molar-refractivity contribution in [3.05, 3.63) is 191 Å². The van der Waals surface area contributed by atoms with Crippen LogP contribution in [0.4, 0.5) is 5.69 Å². The van der Waals surface area contributed by atoms with Gasteiger partial charge in [0.05, 0.1) is 0 Å². The van der Waals surface area contributed by atoms with Crippen molar-refractivity contribution < 1.29 is 27.6 Å². The molecule has 0 atom stereocenters. The van der Waals surface area contributed by atoms with Crippen LogP contribution in [0.3, 0.4) is 0 Å². The van der Waals surface area contributed by atoms with Crippen molar-refractivity contribution in [2.45, 2.75) is 93.4 Å². The number of nitrogens with zero attached hydrogens (tertiary/aromatic N) is 3. The van der Waals surface area contributed by atoms with Gasteiger partial charge in [0.2, 0.25) is 5.69 Å². The molecule has 7 rings (SSSR count). The summed E-state index contributed by atoms with van der Waals surface area (Å²) in [6, 6.07) is 50.1. The number of benzene rings is 5. The first kappa shape index (κ1) is 44.8. The zero-order valence-corrected chi connectivity index (χ0v) is 38.8. The summed E-state index contributed by atoms with van der Waals surface area (Å²) in [5.74, 6) is 1.33. The first-order valence-electron chi connectivity index (χ1n) is 20.6. The molecule has 7 aromatic rings. The van der Waals surface area contributed by atoms with E-state index < -0.39 is 17.9 Å². The average molecular weight is 864 g/mol. The van der Waals surface area contributed by atoms with E-state index in [4.69, 9.17) is 3.50 Å². The molecule has 0 unspecified atom stereocenters. The number of aromatic hydroxyl groups is 1. The Bertz CT molecular complexity index is 2380. The Labute approximate surface area is 362 Å². The van der Waals surface area contributed by atoms with Gasteiger partial charge in [-0.2, -0.15) is 16.0 Å². The van der Waals surface area contributed by atoms with Crippen LogP contribution in [-0.4, -0.2) is 9.51 Å². The molecule has 5 heteroatoms. The van der Waals surface area contributed by atoms with Crippen molar-refractivity contribution in [3.8, 4) is 33.7 Å². The second kappa shape index (κ2) is 20.6. The second-order valence-electron chi connectivity index (χ2n) is 16.5. The number of phenolic OH excluding ortho intramolecular Hbond substituents is 1. The Balaban J connectivity index is 0.000000194. The quantitative estimate of drug-likeness (QED) is 0.122. The van der Waals surface area contributed by atoms with Crippen LogP contribution in [0.1, 0.15) is 98.4 Å². The number of pyridine rings is 1. The van der Waals surface area contributed by atoms with E-state index in [1.54, 1.807) is 0 Å². The molecule has 0 aliphatic carbocycles. The maximum atomic E-state index is 11.1. The molecule has 0 bridgehead atoms. The number of rotatable bonds is 8. The van der Waals surface area contributed by atoms with Crippen LogP contribution in [0.5, 0.6) is 5.75 Å². The summed E-state index contributed by atoms with van der Waals surface area (Å²) < 4.78 is 9.83. The predicted octanol–water partition coefficient (Wildman–Crippen LogP) is 13.8. The summed E-state index contributed by atoms with van der Waals surface area (Å²) >= 11 is -0.553. The number of hydrogen-bond acceptors (Lipinski definition) is 2. The number of aromatic nitrogens is 2. The standard InChI is InChI=1S/C26H23NO.C12H17N.C10H12.C6H8N.Mo/c1-18-14-19(2)27(20(3)15-18)23-16-24(21-10-6-4-7-11-21)26(28)25(17-23)22-12-8-5-9-13-22;1-8(2)10-6-5-7-11(9(3)4)12(10)13;1-10(2,3)9-7-5-4-6-8-9;1-5-3-4-6(2)7-5;/h4-17H,1-3H3;5-9H,1-4H3;1,4-8H,2-3H3;3-4H,1-2H3;/q;;;-1;/p+1. The van der Waals surface area contributed by atoms with E-state index in [0.29, 0.717) is 17.6 Å². The van der Waals surface area contributed by atoms with Gasteiger partial charge in [0, 0.05) is 49.2 Å². The fourth-order valence-electron chi connectivity index (χ4n) is 7.30. The van der Waals surface area contributed by atoms with Crippen LogP contribution < -0.4 is 9.55 Å². The van der Waals surface area contributed by atoms with Gasteiger partial charge in [-0.25, -0.2) is 0 Å². The normalized spacial score (nSPS) is 11.0. The maximum absolute atomic E-state index is 11.1. The Hall–Kier alpha value is -5.31. The minimum Gasteiger partial charge on any atom is -0.665 e. The Morgan fingerprint density at radius 1 is 0.593 bits per heavy atom. The Morgan fingerprint density at radius 2 is 1.03 bits per heavy atom. The van der Waals surface area contributed by atoms with Crippen molar-refractivity contribution in [1.82, 2.24) is 4.98 Å². The molecule has 2 heterocycles. The summed E-state index contributed by atoms with van der Waals surface area (Å²) in [5.41, 5.74) is 16.0. The van der Waals surface area contributed by atoms with E-state index in [0.717, 1.165) is 39.3 Å². The molecule has 0 spiro atoms. The summed E-state index contributed by atoms with van der Waals surface area (Å²) in [4.78, 5) is 4.11. The molecule has 0 amide bonds. The molecule has 4 nitrogen and oxygen atoms in total. The Kier molecular flexibility index (Phi) is 15.6. The average Bonchev–Trinajstić information content (AvgIpc) is 3.60. The van der Waals surface area contributed by atoms with Gasteiger partial charge in [-0.05, 0) is 23.6 Å². The summed E-state index contributed by atoms with van der Waals surface area (Å²) in [7, 11) is 0. The van der Waals surface area contributed by atoms with Gasteiger partial charge >= 0.3 is 156 Å². The topological polar surface area (TPSA) is 50.6 Å². The third-order valence-corrected chi connectivity index (χ3v) is 12.8. The monoisotopic (exact) mass is 865 g/mol. The first-order valence-corrected chi connectivity index (χ1v) is 22.7. The first-order chi connectivity index (χ1) is 28.2. The molecule has 0 aliphatic heterocycles. The van der Waals surface area contributed by atoms with Crippen molar-refractivity contribution >= 4 is 10.1 Å². The second-order valence-corrected chi connectivity index (χ2v) is 18.0. The summed E-state index contributed by atoms with van der Waals surface area (Å²) in [5, 5.41) is 11.1. The van der Waals surface area contributed by atoms with Crippen molar-refractivity contribution in [2.24, 2.45) is 3.50 Å². The third-order valence-electron chi connectivity index (χ3n) is 10.4. The van der Waals surface area contributed by atoms with Gasteiger partial charge in [0.25, 0.3) is 0 Å². The van der Waals surface area contributed by atoms with Gasteiger partial charge in [0.15, 0.2) is 11.4 Å². The van der Waals surface area contributed by atoms with Crippen LogP contribution in [0, 0.1) is 34.6 Å². The number of phenols is 1. The third kappa shape index (κ3) is 11.9. The molecular weight excluding hydrogens is 803 g/mol. The molecular formula is C54H61MoN3O. The molecule has 0 radical (unpaired) electrons. The van der Waals surface area contributed by atoms with Gasteiger partial charge in [-0.15, -0.1) is 0 Å². The Morgan fingerprint density at radius 3 is 1.44 bits per heavy atom. The number of hydrogen-bond donors (Lipinski definition) is 1. The zero-order chi connectivity index (χ0) is 42.7. The van der Waals surface area contributed by atoms with Crippen molar-refractivity contribution in [3.63, 3.8) is 0 Å².